The summed E-state index contributed by atoms with van der Waals surface area (Å²) in [6.45, 7) is 3.93. The number of H-pyrrole nitrogens is 1. The predicted molar refractivity (Wildman–Crippen MR) is 75.4 cm³/mol. The van der Waals surface area contributed by atoms with Crippen LogP contribution in [0.25, 0.3) is 11.0 Å². The van der Waals surface area contributed by atoms with Gasteiger partial charge in [0.1, 0.15) is 5.65 Å². The molecule has 3 nitrogen and oxygen atoms in total. The first kappa shape index (κ1) is 11.7. The molecule has 3 heteroatoms. The summed E-state index contributed by atoms with van der Waals surface area (Å²) in [6.07, 6.45) is 3.46. The number of fused-ring (bicyclic) bond motifs is 1. The molecule has 3 aromatic rings. The number of aryl methyl sites for hydroxylation is 2. The maximum atomic E-state index is 12.7. The first-order valence-electron chi connectivity index (χ1n) is 6.21. The van der Waals surface area contributed by atoms with Gasteiger partial charge in [-0.05, 0) is 37.1 Å². The topological polar surface area (TPSA) is 45.8 Å². The molecule has 0 aliphatic carbocycles. The number of aromatic nitrogens is 2. The zero-order valence-corrected chi connectivity index (χ0v) is 10.9. The van der Waals surface area contributed by atoms with E-state index >= 15 is 0 Å². The van der Waals surface area contributed by atoms with Gasteiger partial charge in [0.15, 0.2) is 5.78 Å². The van der Waals surface area contributed by atoms with Crippen LogP contribution in [-0.2, 0) is 0 Å². The Labute approximate surface area is 111 Å². The molecule has 1 aromatic carbocycles. The molecule has 19 heavy (non-hydrogen) atoms. The molecule has 0 spiro atoms. The molecule has 0 aliphatic rings. The first-order chi connectivity index (χ1) is 9.18. The number of hydrogen-bond acceptors (Lipinski definition) is 2. The van der Waals surface area contributed by atoms with Crippen LogP contribution in [0.2, 0.25) is 0 Å². The summed E-state index contributed by atoms with van der Waals surface area (Å²) in [7, 11) is 0. The van der Waals surface area contributed by atoms with Crippen LogP contribution in [0.3, 0.4) is 0 Å². The summed E-state index contributed by atoms with van der Waals surface area (Å²) >= 11 is 0. The number of nitrogens with one attached hydrogen (secondary N) is 1. The number of carbonyl (C=O) groups excluding carboxylic acids is 1. The first-order valence-corrected chi connectivity index (χ1v) is 6.21. The third-order valence-corrected chi connectivity index (χ3v) is 3.40. The minimum absolute atomic E-state index is 0.0508. The van der Waals surface area contributed by atoms with E-state index in [9.17, 15) is 4.79 Å². The number of pyridine rings is 1. The fourth-order valence-corrected chi connectivity index (χ4v) is 2.45. The van der Waals surface area contributed by atoms with Crippen molar-refractivity contribution in [3.8, 4) is 0 Å². The lowest BCUT2D eigenvalue weighted by Gasteiger charge is -2.07. The van der Waals surface area contributed by atoms with Crippen molar-refractivity contribution >= 4 is 16.8 Å². The Morgan fingerprint density at radius 3 is 2.58 bits per heavy atom. The zero-order chi connectivity index (χ0) is 13.4. The largest absolute Gasteiger partial charge is 0.345 e. The molecule has 2 aromatic heterocycles. The van der Waals surface area contributed by atoms with Crippen LogP contribution in [0.1, 0.15) is 27.0 Å². The minimum Gasteiger partial charge on any atom is -0.345 e. The molecule has 0 radical (unpaired) electrons. The zero-order valence-electron chi connectivity index (χ0n) is 10.9. The van der Waals surface area contributed by atoms with Crippen LogP contribution in [0.4, 0.5) is 0 Å². The van der Waals surface area contributed by atoms with Crippen LogP contribution in [0, 0.1) is 13.8 Å². The summed E-state index contributed by atoms with van der Waals surface area (Å²) in [5.74, 6) is 0.0508. The van der Waals surface area contributed by atoms with E-state index in [4.69, 9.17) is 0 Å². The smallest absolute Gasteiger partial charge is 0.195 e. The van der Waals surface area contributed by atoms with Gasteiger partial charge in [0, 0.05) is 28.9 Å². The van der Waals surface area contributed by atoms with Crippen LogP contribution in [-0.4, -0.2) is 15.8 Å². The number of ketones is 1. The Hall–Kier alpha value is -2.42. The van der Waals surface area contributed by atoms with Crippen molar-refractivity contribution in [3.63, 3.8) is 0 Å². The normalized spacial score (nSPS) is 10.8. The van der Waals surface area contributed by atoms with Crippen molar-refractivity contribution < 1.29 is 4.79 Å². The van der Waals surface area contributed by atoms with Gasteiger partial charge in [0.25, 0.3) is 0 Å². The van der Waals surface area contributed by atoms with Crippen molar-refractivity contribution in [1.29, 1.82) is 0 Å². The maximum absolute atomic E-state index is 12.7. The second kappa shape index (κ2) is 4.35. The van der Waals surface area contributed by atoms with E-state index in [1.54, 1.807) is 12.4 Å². The van der Waals surface area contributed by atoms with Gasteiger partial charge in [-0.3, -0.25) is 4.79 Å². The van der Waals surface area contributed by atoms with E-state index in [2.05, 4.69) is 9.97 Å². The van der Waals surface area contributed by atoms with Crippen molar-refractivity contribution in [2.75, 3.05) is 0 Å². The molecule has 1 N–H and O–H groups in total. The molecule has 0 fully saturated rings. The van der Waals surface area contributed by atoms with Crippen molar-refractivity contribution in [2.45, 2.75) is 13.8 Å². The van der Waals surface area contributed by atoms with Crippen LogP contribution < -0.4 is 0 Å². The van der Waals surface area contributed by atoms with E-state index in [1.165, 1.54) is 0 Å². The predicted octanol–water partition coefficient (Wildman–Crippen LogP) is 3.41. The molecule has 0 unspecified atom stereocenters. The average molecular weight is 250 g/mol. The highest BCUT2D eigenvalue weighted by molar-refractivity contribution is 6.17. The van der Waals surface area contributed by atoms with Gasteiger partial charge in [0.2, 0.25) is 0 Å². The Bertz CT molecular complexity index is 751. The van der Waals surface area contributed by atoms with E-state index in [0.717, 1.165) is 27.7 Å². The molecule has 0 saturated heterocycles. The number of hydrogen-bond donors (Lipinski definition) is 1. The summed E-state index contributed by atoms with van der Waals surface area (Å²) < 4.78 is 0. The van der Waals surface area contributed by atoms with Crippen LogP contribution in [0.15, 0.2) is 42.7 Å². The molecule has 94 valence electrons. The van der Waals surface area contributed by atoms with Gasteiger partial charge in [-0.25, -0.2) is 4.98 Å². The Kier molecular flexibility index (Phi) is 2.67. The van der Waals surface area contributed by atoms with E-state index in [1.807, 2.05) is 44.2 Å². The molecule has 0 amide bonds. The van der Waals surface area contributed by atoms with Gasteiger partial charge in [-0.15, -0.1) is 0 Å². The van der Waals surface area contributed by atoms with E-state index in [-0.39, 0.29) is 5.78 Å². The van der Waals surface area contributed by atoms with E-state index < -0.39 is 0 Å². The van der Waals surface area contributed by atoms with E-state index in [0.29, 0.717) is 5.56 Å². The molecule has 2 heterocycles. The van der Waals surface area contributed by atoms with Gasteiger partial charge >= 0.3 is 0 Å². The van der Waals surface area contributed by atoms with Crippen molar-refractivity contribution in [1.82, 2.24) is 9.97 Å². The molecule has 3 rings (SSSR count). The lowest BCUT2D eigenvalue weighted by molar-refractivity contribution is 0.103. The number of nitrogens with zero attached hydrogens (tertiary/aromatic N) is 1. The molecular weight excluding hydrogens is 236 g/mol. The number of benzene rings is 1. The van der Waals surface area contributed by atoms with Gasteiger partial charge in [-0.2, -0.15) is 0 Å². The number of carbonyl (C=O) groups is 1. The summed E-state index contributed by atoms with van der Waals surface area (Å²) in [6, 6.07) is 9.66. The van der Waals surface area contributed by atoms with Crippen molar-refractivity contribution in [3.05, 3.63) is 65.0 Å². The molecular formula is C16H14N2O. The quantitative estimate of drug-likeness (QED) is 0.708. The molecule has 0 atom stereocenters. The Morgan fingerprint density at radius 2 is 1.84 bits per heavy atom. The fraction of sp³-hybridized carbons (Fsp3) is 0.125. The van der Waals surface area contributed by atoms with Crippen LogP contribution in [0.5, 0.6) is 0 Å². The Morgan fingerprint density at radius 1 is 1.11 bits per heavy atom. The third kappa shape index (κ3) is 1.83. The summed E-state index contributed by atoms with van der Waals surface area (Å²) in [5.41, 5.74) is 4.22. The number of aromatic amines is 1. The highest BCUT2D eigenvalue weighted by Gasteiger charge is 2.17. The lowest BCUT2D eigenvalue weighted by atomic mass is 9.95. The van der Waals surface area contributed by atoms with Crippen LogP contribution >= 0.6 is 0 Å². The van der Waals surface area contributed by atoms with Gasteiger partial charge < -0.3 is 4.98 Å². The number of rotatable bonds is 2. The van der Waals surface area contributed by atoms with Gasteiger partial charge in [-0.1, -0.05) is 18.2 Å². The minimum atomic E-state index is 0.0508. The van der Waals surface area contributed by atoms with Gasteiger partial charge in [0.05, 0.1) is 0 Å². The fourth-order valence-electron chi connectivity index (χ4n) is 2.45. The second-order valence-corrected chi connectivity index (χ2v) is 4.70. The average Bonchev–Trinajstić information content (AvgIpc) is 2.82. The lowest BCUT2D eigenvalue weighted by Crippen LogP contribution is -2.05. The second-order valence-electron chi connectivity index (χ2n) is 4.70. The molecule has 0 saturated carbocycles. The highest BCUT2D eigenvalue weighted by Crippen LogP contribution is 2.23. The van der Waals surface area contributed by atoms with Crippen molar-refractivity contribution in [2.24, 2.45) is 0 Å². The summed E-state index contributed by atoms with van der Waals surface area (Å²) in [4.78, 5) is 20.0. The maximum Gasteiger partial charge on any atom is 0.195 e. The standard InChI is InChI=1S/C16H14N2O/c1-10-5-3-6-11(2)14(10)15(19)13-9-18-16-12(13)7-4-8-17-16/h3-9H,1-2H3,(H,17,18). The Balaban J connectivity index is 2.20. The monoisotopic (exact) mass is 250 g/mol. The highest BCUT2D eigenvalue weighted by atomic mass is 16.1. The third-order valence-electron chi connectivity index (χ3n) is 3.40. The summed E-state index contributed by atoms with van der Waals surface area (Å²) in [5, 5.41) is 0.871. The molecule has 0 bridgehead atoms. The molecule has 0 aliphatic heterocycles. The SMILES string of the molecule is Cc1cccc(C)c1C(=O)c1c[nH]c2ncccc12.